The number of methoxy groups -OCH3 is 1. The van der Waals surface area contributed by atoms with Gasteiger partial charge in [-0.25, -0.2) is 15.0 Å². The second-order valence-corrected chi connectivity index (χ2v) is 3.48. The van der Waals surface area contributed by atoms with Crippen LogP contribution in [0.1, 0.15) is 12.6 Å². The fourth-order valence-corrected chi connectivity index (χ4v) is 1.42. The Bertz CT molecular complexity index is 482. The normalized spacial score (nSPS) is 10.5. The number of hydrogen-bond donors (Lipinski definition) is 2. The van der Waals surface area contributed by atoms with E-state index in [4.69, 9.17) is 4.74 Å². The Morgan fingerprint density at radius 2 is 2.24 bits per heavy atom. The summed E-state index contributed by atoms with van der Waals surface area (Å²) in [6.07, 6.45) is 3.26. The maximum Gasteiger partial charge on any atom is 0.216 e. The minimum absolute atomic E-state index is 0.527. The Morgan fingerprint density at radius 3 is 3.00 bits per heavy atom. The monoisotopic (exact) mass is 233 g/mol. The molecule has 0 atom stereocenters. The zero-order chi connectivity index (χ0) is 12.1. The molecule has 0 fully saturated rings. The van der Waals surface area contributed by atoms with Gasteiger partial charge in [-0.15, -0.1) is 0 Å². The molecular formula is C11H15N5O. The van der Waals surface area contributed by atoms with Crippen LogP contribution in [0.5, 0.6) is 5.88 Å². The lowest BCUT2D eigenvalue weighted by Crippen LogP contribution is -2.11. The smallest absolute Gasteiger partial charge is 0.216 e. The average molecular weight is 233 g/mol. The van der Waals surface area contributed by atoms with Gasteiger partial charge >= 0.3 is 0 Å². The number of nitrogens with one attached hydrogen (secondary N) is 2. The Kier molecular flexibility index (Phi) is 3.66. The number of aromatic amines is 1. The first-order chi connectivity index (χ1) is 8.33. The van der Waals surface area contributed by atoms with Crippen LogP contribution in [0.2, 0.25) is 0 Å². The quantitative estimate of drug-likeness (QED) is 0.805. The van der Waals surface area contributed by atoms with E-state index in [1.807, 2.05) is 0 Å². The minimum atomic E-state index is 0.527. The van der Waals surface area contributed by atoms with Crippen molar-refractivity contribution in [2.45, 2.75) is 13.5 Å². The number of rotatable bonds is 5. The van der Waals surface area contributed by atoms with E-state index in [0.717, 1.165) is 30.3 Å². The van der Waals surface area contributed by atoms with Gasteiger partial charge in [-0.2, -0.15) is 0 Å². The molecule has 2 heterocycles. The average Bonchev–Trinajstić information content (AvgIpc) is 2.85. The van der Waals surface area contributed by atoms with Crippen molar-refractivity contribution in [3.05, 3.63) is 24.3 Å². The Balaban J connectivity index is 2.18. The summed E-state index contributed by atoms with van der Waals surface area (Å²) < 4.78 is 5.04. The number of H-pyrrole nitrogens is 1. The molecule has 0 saturated carbocycles. The summed E-state index contributed by atoms with van der Waals surface area (Å²) in [5.41, 5.74) is 1.75. The van der Waals surface area contributed by atoms with Crippen LogP contribution in [0.25, 0.3) is 11.5 Å². The summed E-state index contributed by atoms with van der Waals surface area (Å²) in [7, 11) is 1.57. The molecule has 90 valence electrons. The molecule has 6 nitrogen and oxygen atoms in total. The molecule has 0 radical (unpaired) electrons. The van der Waals surface area contributed by atoms with E-state index in [2.05, 4.69) is 32.2 Å². The summed E-state index contributed by atoms with van der Waals surface area (Å²) in [5.74, 6) is 1.25. The predicted molar refractivity (Wildman–Crippen MR) is 63.5 cm³/mol. The Morgan fingerprint density at radius 1 is 1.35 bits per heavy atom. The molecular weight excluding hydrogens is 218 g/mol. The molecule has 2 aromatic rings. The van der Waals surface area contributed by atoms with E-state index in [9.17, 15) is 0 Å². The number of hydrogen-bond acceptors (Lipinski definition) is 5. The molecule has 0 aliphatic rings. The second kappa shape index (κ2) is 5.40. The second-order valence-electron chi connectivity index (χ2n) is 3.48. The fraction of sp³-hybridized carbons (Fsp3) is 0.364. The summed E-state index contributed by atoms with van der Waals surface area (Å²) in [6.45, 7) is 3.76. The predicted octanol–water partition coefficient (Wildman–Crippen LogP) is 0.985. The van der Waals surface area contributed by atoms with Gasteiger partial charge in [-0.05, 0) is 6.54 Å². The van der Waals surface area contributed by atoms with Gasteiger partial charge in [-0.1, -0.05) is 6.92 Å². The van der Waals surface area contributed by atoms with Crippen LogP contribution in [0.3, 0.4) is 0 Å². The summed E-state index contributed by atoms with van der Waals surface area (Å²) in [6, 6.07) is 1.75. The van der Waals surface area contributed by atoms with E-state index < -0.39 is 0 Å². The van der Waals surface area contributed by atoms with E-state index in [1.165, 1.54) is 6.33 Å². The van der Waals surface area contributed by atoms with Crippen molar-refractivity contribution in [2.75, 3.05) is 13.7 Å². The number of nitrogens with zero attached hydrogens (tertiary/aromatic N) is 3. The van der Waals surface area contributed by atoms with Gasteiger partial charge in [0, 0.05) is 18.3 Å². The largest absolute Gasteiger partial charge is 0.481 e. The first kappa shape index (κ1) is 11.5. The third-order valence-electron chi connectivity index (χ3n) is 2.29. The third-order valence-corrected chi connectivity index (χ3v) is 2.29. The zero-order valence-corrected chi connectivity index (χ0v) is 9.90. The van der Waals surface area contributed by atoms with Crippen molar-refractivity contribution in [3.63, 3.8) is 0 Å². The third kappa shape index (κ3) is 2.79. The van der Waals surface area contributed by atoms with Crippen molar-refractivity contribution >= 4 is 0 Å². The van der Waals surface area contributed by atoms with Crippen molar-refractivity contribution < 1.29 is 4.74 Å². The van der Waals surface area contributed by atoms with Crippen molar-refractivity contribution in [1.29, 1.82) is 0 Å². The first-order valence-corrected chi connectivity index (χ1v) is 5.44. The number of aromatic nitrogens is 4. The van der Waals surface area contributed by atoms with Crippen molar-refractivity contribution in [3.8, 4) is 17.4 Å². The maximum absolute atomic E-state index is 5.04. The molecule has 2 aromatic heterocycles. The van der Waals surface area contributed by atoms with Crippen molar-refractivity contribution in [2.24, 2.45) is 0 Å². The lowest BCUT2D eigenvalue weighted by Gasteiger charge is -2.00. The summed E-state index contributed by atoms with van der Waals surface area (Å²) in [5, 5.41) is 3.22. The fourth-order valence-electron chi connectivity index (χ4n) is 1.42. The zero-order valence-electron chi connectivity index (χ0n) is 9.90. The topological polar surface area (TPSA) is 75.7 Å². The first-order valence-electron chi connectivity index (χ1n) is 5.44. The van der Waals surface area contributed by atoms with Gasteiger partial charge in [0.05, 0.1) is 13.3 Å². The molecule has 0 aliphatic heterocycles. The molecule has 6 heteroatoms. The van der Waals surface area contributed by atoms with Gasteiger partial charge in [0.1, 0.15) is 12.0 Å². The van der Waals surface area contributed by atoms with Crippen LogP contribution in [0.4, 0.5) is 0 Å². The highest BCUT2D eigenvalue weighted by atomic mass is 16.5. The van der Waals surface area contributed by atoms with Crippen LogP contribution in [0, 0.1) is 0 Å². The van der Waals surface area contributed by atoms with Crippen LogP contribution >= 0.6 is 0 Å². The Hall–Kier alpha value is -1.95. The van der Waals surface area contributed by atoms with Crippen molar-refractivity contribution in [1.82, 2.24) is 25.3 Å². The Labute approximate surface area is 99.5 Å². The highest BCUT2D eigenvalue weighted by Crippen LogP contribution is 2.16. The summed E-state index contributed by atoms with van der Waals surface area (Å²) >= 11 is 0. The maximum atomic E-state index is 5.04. The van der Waals surface area contributed by atoms with E-state index in [-0.39, 0.29) is 0 Å². The number of imidazole rings is 1. The molecule has 2 rings (SSSR count). The SMILES string of the molecule is CCNCc1cnc(-c2cc(OC)ncn2)[nH]1. The molecule has 0 saturated heterocycles. The standard InChI is InChI=1S/C11H15N5O/c1-3-12-5-8-6-13-11(16-8)9-4-10(17-2)15-7-14-9/h4,6-7,12H,3,5H2,1-2H3,(H,13,16). The van der Waals surface area contributed by atoms with E-state index in [1.54, 1.807) is 19.4 Å². The van der Waals surface area contributed by atoms with Crippen LogP contribution in [0.15, 0.2) is 18.6 Å². The van der Waals surface area contributed by atoms with Crippen LogP contribution in [-0.2, 0) is 6.54 Å². The van der Waals surface area contributed by atoms with Gasteiger partial charge in [-0.3, -0.25) is 0 Å². The highest BCUT2D eigenvalue weighted by molar-refractivity contribution is 5.50. The molecule has 17 heavy (non-hydrogen) atoms. The lowest BCUT2D eigenvalue weighted by molar-refractivity contribution is 0.397. The number of ether oxygens (including phenoxy) is 1. The molecule has 2 N–H and O–H groups in total. The highest BCUT2D eigenvalue weighted by Gasteiger charge is 2.06. The van der Waals surface area contributed by atoms with E-state index >= 15 is 0 Å². The molecule has 0 spiro atoms. The minimum Gasteiger partial charge on any atom is -0.481 e. The lowest BCUT2D eigenvalue weighted by atomic mass is 10.4. The van der Waals surface area contributed by atoms with Gasteiger partial charge in [0.2, 0.25) is 5.88 Å². The summed E-state index contributed by atoms with van der Waals surface area (Å²) in [4.78, 5) is 15.6. The van der Waals surface area contributed by atoms with Crippen LogP contribution < -0.4 is 10.1 Å². The van der Waals surface area contributed by atoms with E-state index in [0.29, 0.717) is 5.88 Å². The van der Waals surface area contributed by atoms with Gasteiger partial charge in [0.15, 0.2) is 5.82 Å². The molecule has 0 aromatic carbocycles. The molecule has 0 unspecified atom stereocenters. The van der Waals surface area contributed by atoms with Gasteiger partial charge < -0.3 is 15.0 Å². The molecule has 0 amide bonds. The van der Waals surface area contributed by atoms with Crippen LogP contribution in [-0.4, -0.2) is 33.6 Å². The van der Waals surface area contributed by atoms with Gasteiger partial charge in [0.25, 0.3) is 0 Å². The molecule has 0 bridgehead atoms. The molecule has 0 aliphatic carbocycles.